The van der Waals surface area contributed by atoms with Gasteiger partial charge < -0.3 is 40.5 Å². The van der Waals surface area contributed by atoms with Crippen molar-refractivity contribution in [3.8, 4) is 6.07 Å². The van der Waals surface area contributed by atoms with Crippen LogP contribution in [0, 0.1) is 11.3 Å². The summed E-state index contributed by atoms with van der Waals surface area (Å²) in [4.78, 5) is 0. The first kappa shape index (κ1) is 36.2. The van der Waals surface area contributed by atoms with Gasteiger partial charge >= 0.3 is 21.1 Å². The maximum Gasteiger partial charge on any atom is 6.00 e. The first-order valence-corrected chi connectivity index (χ1v) is 0.921. The van der Waals surface area contributed by atoms with E-state index in [0.29, 0.717) is 0 Å². The second-order valence-electron chi connectivity index (χ2n) is 0.333. The van der Waals surface area contributed by atoms with Crippen LogP contribution in [0.4, 0.5) is 0 Å². The van der Waals surface area contributed by atoms with Crippen LogP contribution in [0.25, 0.3) is 0 Å². The van der Waals surface area contributed by atoms with Crippen molar-refractivity contribution in [2.75, 3.05) is 0 Å². The summed E-state index contributed by atoms with van der Waals surface area (Å²) in [6, 6.07) is 1.69. The van der Waals surface area contributed by atoms with Gasteiger partial charge in [0.05, 0.1) is 6.07 Å². The second kappa shape index (κ2) is 43.9. The fourth-order valence-electron chi connectivity index (χ4n) is 0. The summed E-state index contributed by atoms with van der Waals surface area (Å²) in [5.74, 6) is 0. The van der Waals surface area contributed by atoms with Crippen molar-refractivity contribution in [3.05, 3.63) is 12.7 Å². The number of hydrogen-bond acceptors (Lipinski definition) is 1. The van der Waals surface area contributed by atoms with Crippen molar-refractivity contribution < 1.29 is 21.1 Å². The third kappa shape index (κ3) is 64.1. The molecule has 0 spiro atoms. The van der Waals surface area contributed by atoms with Crippen molar-refractivity contribution >= 4 is 40.5 Å². The second-order valence-corrected chi connectivity index (χ2v) is 0.333. The average Bonchev–Trinajstić information content (AvgIpc) is 1.37. The molecule has 8 heavy (non-hydrogen) atoms. The van der Waals surface area contributed by atoms with Gasteiger partial charge in [-0.1, -0.05) is 6.58 Å². The van der Waals surface area contributed by atoms with Crippen LogP contribution in [0.5, 0.6) is 0 Å². The van der Waals surface area contributed by atoms with Crippen LogP contribution in [0.1, 0.15) is 0 Å². The van der Waals surface area contributed by atoms with Crippen molar-refractivity contribution in [3.63, 3.8) is 0 Å². The molecule has 0 saturated carbocycles. The minimum Gasteiger partial charge on any atom is -2.00 e. The third-order valence-electron chi connectivity index (χ3n) is 0.0913. The molecule has 1 nitrogen and oxygen atoms in total. The summed E-state index contributed by atoms with van der Waals surface area (Å²) >= 11 is 0. The van der Waals surface area contributed by atoms with Crippen LogP contribution in [-0.2, 0) is 61.6 Å². The topological polar surface area (TPSA) is 23.8 Å². The number of rotatable bonds is 0. The van der Waals surface area contributed by atoms with E-state index in [9.17, 15) is 0 Å². The molecule has 5 heteroatoms. The van der Waals surface area contributed by atoms with Gasteiger partial charge in [-0.3, -0.25) is 0 Å². The fraction of sp³-hybridized carbons (Fsp3) is 0. The Morgan fingerprint density at radius 3 is 1.38 bits per heavy atom. The van der Waals surface area contributed by atoms with E-state index in [1.165, 1.54) is 6.08 Å². The molecule has 0 aromatic heterocycles. The first-order chi connectivity index (χ1) is 1.91. The van der Waals surface area contributed by atoms with Crippen LogP contribution in [0.2, 0.25) is 0 Å². The Kier molecular flexibility index (Phi) is 198. The van der Waals surface area contributed by atoms with Crippen molar-refractivity contribution in [1.29, 1.82) is 5.26 Å². The maximum absolute atomic E-state index is 7.51. The molecular formula is C3H3MoNS3. The van der Waals surface area contributed by atoms with Gasteiger partial charge in [-0.25, -0.2) is 0 Å². The molecule has 0 aliphatic rings. The third-order valence-corrected chi connectivity index (χ3v) is 0.0913. The van der Waals surface area contributed by atoms with Crippen molar-refractivity contribution in [2.45, 2.75) is 0 Å². The molecule has 0 rings (SSSR count). The first-order valence-electron chi connectivity index (χ1n) is 0.921. The van der Waals surface area contributed by atoms with Gasteiger partial charge in [0, 0.05) is 6.08 Å². The van der Waals surface area contributed by atoms with Crippen LogP contribution >= 0.6 is 0 Å². The fourth-order valence-corrected chi connectivity index (χ4v) is 0. The molecule has 0 heterocycles. The van der Waals surface area contributed by atoms with E-state index < -0.39 is 0 Å². The molecule has 0 unspecified atom stereocenters. The Morgan fingerprint density at radius 2 is 1.38 bits per heavy atom. The summed E-state index contributed by atoms with van der Waals surface area (Å²) in [5, 5.41) is 7.51. The normalized spacial score (nSPS) is 1.88. The van der Waals surface area contributed by atoms with E-state index >= 15 is 0 Å². The van der Waals surface area contributed by atoms with E-state index in [1.54, 1.807) is 6.07 Å². The zero-order valence-electron chi connectivity index (χ0n) is 3.86. The van der Waals surface area contributed by atoms with Crippen molar-refractivity contribution in [2.24, 2.45) is 0 Å². The van der Waals surface area contributed by atoms with Gasteiger partial charge in [-0.15, -0.1) is 0 Å². The Bertz CT molecular complexity index is 60.0. The van der Waals surface area contributed by atoms with Crippen LogP contribution in [-0.4, -0.2) is 0 Å². The van der Waals surface area contributed by atoms with E-state index in [-0.39, 0.29) is 61.6 Å². The molecule has 0 aliphatic heterocycles. The molecule has 0 radical (unpaired) electrons. The molecule has 44 valence electrons. The molecule has 0 fully saturated rings. The Morgan fingerprint density at radius 1 is 1.25 bits per heavy atom. The monoisotopic (exact) mass is 247 g/mol. The smallest absolute Gasteiger partial charge is 2.00 e. The van der Waals surface area contributed by atoms with Crippen molar-refractivity contribution in [1.82, 2.24) is 0 Å². The van der Waals surface area contributed by atoms with Crippen LogP contribution in [0.3, 0.4) is 0 Å². The molecule has 0 bridgehead atoms. The van der Waals surface area contributed by atoms with Crippen LogP contribution in [0.15, 0.2) is 12.7 Å². The molecule has 0 aliphatic carbocycles. The van der Waals surface area contributed by atoms with Crippen LogP contribution < -0.4 is 0 Å². The largest absolute Gasteiger partial charge is 6.00 e. The molecule has 0 amide bonds. The van der Waals surface area contributed by atoms with Gasteiger partial charge in [-0.2, -0.15) is 5.26 Å². The quantitative estimate of drug-likeness (QED) is 0.455. The number of nitrogens with zero attached hydrogens (tertiary/aromatic N) is 1. The maximum atomic E-state index is 7.51. The number of nitriles is 1. The molecule has 0 aromatic rings. The zero-order chi connectivity index (χ0) is 3.41. The molecule has 0 atom stereocenters. The van der Waals surface area contributed by atoms with Gasteiger partial charge in [0.1, 0.15) is 0 Å². The Balaban J connectivity index is -0.00000000750. The standard InChI is InChI=1S/C3H3N.Mo.3S/c1-2-3-4;;;;/h2H,1H2;;;;/q;+6;3*-2. The molecule has 0 saturated heterocycles. The molecular weight excluding hydrogens is 242 g/mol. The number of hydrogen-bond donors (Lipinski definition) is 0. The van der Waals surface area contributed by atoms with Gasteiger partial charge in [0.15, 0.2) is 0 Å². The van der Waals surface area contributed by atoms with E-state index in [0.717, 1.165) is 0 Å². The average molecular weight is 245 g/mol. The molecule has 0 N–H and O–H groups in total. The summed E-state index contributed by atoms with van der Waals surface area (Å²) in [7, 11) is 0. The predicted octanol–water partition coefficient (Wildman–Crippen LogP) is 0.686. The van der Waals surface area contributed by atoms with Gasteiger partial charge in [0.25, 0.3) is 0 Å². The summed E-state index contributed by atoms with van der Waals surface area (Å²) in [5.41, 5.74) is 0. The van der Waals surface area contributed by atoms with Gasteiger partial charge in [-0.05, 0) is 0 Å². The minimum atomic E-state index is 0. The zero-order valence-corrected chi connectivity index (χ0v) is 8.32. The van der Waals surface area contributed by atoms with E-state index in [2.05, 4.69) is 6.58 Å². The Hall–Kier alpha value is 0.968. The van der Waals surface area contributed by atoms with Gasteiger partial charge in [0.2, 0.25) is 0 Å². The Labute approximate surface area is 85.1 Å². The number of allylic oxidation sites excluding steroid dienone is 1. The summed E-state index contributed by atoms with van der Waals surface area (Å²) < 4.78 is 0. The van der Waals surface area contributed by atoms with E-state index in [4.69, 9.17) is 5.26 Å². The summed E-state index contributed by atoms with van der Waals surface area (Å²) in [6.07, 6.45) is 1.18. The predicted molar refractivity (Wildman–Crippen MR) is 37.9 cm³/mol. The van der Waals surface area contributed by atoms with E-state index in [1.807, 2.05) is 0 Å². The SMILES string of the molecule is C=CC#N.[Mo+6].[S-2].[S-2].[S-2]. The summed E-state index contributed by atoms with van der Waals surface area (Å²) in [6.45, 7) is 3.12. The minimum absolute atomic E-state index is 0. The molecule has 0 aromatic carbocycles.